The maximum absolute atomic E-state index is 12.7. The van der Waals surface area contributed by atoms with Gasteiger partial charge in [0.15, 0.2) is 11.5 Å². The fourth-order valence-electron chi connectivity index (χ4n) is 3.64. The second-order valence-electron chi connectivity index (χ2n) is 7.96. The van der Waals surface area contributed by atoms with Crippen LogP contribution in [0.25, 0.3) is 11.0 Å². The molecule has 0 unspecified atom stereocenters. The van der Waals surface area contributed by atoms with E-state index in [1.807, 2.05) is 19.9 Å². The Kier molecular flexibility index (Phi) is 5.90. The van der Waals surface area contributed by atoms with Gasteiger partial charge in [0, 0.05) is 11.8 Å². The molecule has 0 saturated heterocycles. The van der Waals surface area contributed by atoms with Gasteiger partial charge in [0.05, 0.1) is 17.4 Å². The third-order valence-electron chi connectivity index (χ3n) is 5.12. The van der Waals surface area contributed by atoms with Gasteiger partial charge in [0.25, 0.3) is 0 Å². The third kappa shape index (κ3) is 4.46. The van der Waals surface area contributed by atoms with Crippen molar-refractivity contribution in [2.75, 3.05) is 25.1 Å². The highest BCUT2D eigenvalue weighted by Crippen LogP contribution is 2.33. The molecule has 2 heterocycles. The van der Waals surface area contributed by atoms with Gasteiger partial charge in [0.2, 0.25) is 5.91 Å². The molecule has 2 aromatic carbocycles. The lowest BCUT2D eigenvalue weighted by molar-refractivity contribution is -0.115. The van der Waals surface area contributed by atoms with Crippen molar-refractivity contribution in [2.24, 2.45) is 0 Å². The molecule has 1 aliphatic rings. The lowest BCUT2D eigenvalue weighted by Crippen LogP contribution is -2.21. The topological polar surface area (TPSA) is 87.0 Å². The number of rotatable bonds is 6. The van der Waals surface area contributed by atoms with Crippen molar-refractivity contribution in [3.8, 4) is 17.2 Å². The van der Waals surface area contributed by atoms with E-state index in [-0.39, 0.29) is 17.9 Å². The van der Waals surface area contributed by atoms with Gasteiger partial charge in [-0.15, -0.1) is 0 Å². The number of carbonyl (C=O) groups is 1. The molecule has 0 aliphatic carbocycles. The zero-order chi connectivity index (χ0) is 22.8. The van der Waals surface area contributed by atoms with Gasteiger partial charge in [0.1, 0.15) is 31.2 Å². The average Bonchev–Trinajstić information content (AvgIpc) is 2.74. The molecule has 1 N–H and O–H groups in total. The van der Waals surface area contributed by atoms with E-state index in [0.29, 0.717) is 59.3 Å². The number of carbonyl (C=O) groups excluding carboxylic acids is 1. The van der Waals surface area contributed by atoms with E-state index >= 15 is 0 Å². The Labute approximate surface area is 185 Å². The highest BCUT2D eigenvalue weighted by Gasteiger charge is 2.19. The molecule has 1 amide bonds. The molecule has 1 aromatic heterocycles. The van der Waals surface area contributed by atoms with E-state index in [1.54, 1.807) is 31.2 Å². The van der Waals surface area contributed by atoms with E-state index in [0.717, 1.165) is 11.1 Å². The van der Waals surface area contributed by atoms with E-state index in [1.165, 1.54) is 0 Å². The number of anilines is 1. The highest BCUT2D eigenvalue weighted by molar-refractivity contribution is 5.94. The standard InChI is InChI=1S/C25H25NO6/c1-14(2)13-31-21-9-15(3)10-22-24(21)16(4)18(25(28)32-22)12-23(27)26-17-5-6-19-20(11-17)30-8-7-29-19/h5-6,9-11H,1,7-8,12-13H2,2-4H3,(H,26,27). The Balaban J connectivity index is 1.63. The Bertz CT molecular complexity index is 1270. The largest absolute Gasteiger partial charge is 0.488 e. The summed E-state index contributed by atoms with van der Waals surface area (Å²) in [6.07, 6.45) is -0.133. The van der Waals surface area contributed by atoms with Gasteiger partial charge in [-0.3, -0.25) is 4.79 Å². The second-order valence-corrected chi connectivity index (χ2v) is 7.96. The summed E-state index contributed by atoms with van der Waals surface area (Å²) in [5, 5.41) is 3.49. The molecule has 1 aliphatic heterocycles. The molecule has 0 saturated carbocycles. The van der Waals surface area contributed by atoms with Gasteiger partial charge in [-0.1, -0.05) is 6.58 Å². The summed E-state index contributed by atoms with van der Waals surface area (Å²) in [5.41, 5.74) is 3.17. The summed E-state index contributed by atoms with van der Waals surface area (Å²) in [6, 6.07) is 8.85. The monoisotopic (exact) mass is 435 g/mol. The van der Waals surface area contributed by atoms with E-state index in [4.69, 9.17) is 18.6 Å². The van der Waals surface area contributed by atoms with Gasteiger partial charge < -0.3 is 23.9 Å². The molecule has 0 atom stereocenters. The van der Waals surface area contributed by atoms with Gasteiger partial charge in [-0.25, -0.2) is 4.79 Å². The van der Waals surface area contributed by atoms with Crippen molar-refractivity contribution in [1.82, 2.24) is 0 Å². The zero-order valence-corrected chi connectivity index (χ0v) is 18.4. The molecular weight excluding hydrogens is 410 g/mol. The first-order chi connectivity index (χ1) is 15.3. The molecule has 0 bridgehead atoms. The van der Waals surface area contributed by atoms with E-state index in [9.17, 15) is 9.59 Å². The van der Waals surface area contributed by atoms with Crippen LogP contribution in [0.15, 0.2) is 51.7 Å². The second kappa shape index (κ2) is 8.78. The van der Waals surface area contributed by atoms with Crippen LogP contribution >= 0.6 is 0 Å². The quantitative estimate of drug-likeness (QED) is 0.458. The van der Waals surface area contributed by atoms with Crippen LogP contribution in [0.4, 0.5) is 5.69 Å². The Morgan fingerprint density at radius 3 is 2.62 bits per heavy atom. The molecule has 0 radical (unpaired) electrons. The maximum atomic E-state index is 12.7. The van der Waals surface area contributed by atoms with Crippen LogP contribution in [0, 0.1) is 13.8 Å². The molecule has 32 heavy (non-hydrogen) atoms. The minimum absolute atomic E-state index is 0.133. The minimum Gasteiger partial charge on any atom is -0.488 e. The Morgan fingerprint density at radius 1 is 1.12 bits per heavy atom. The highest BCUT2D eigenvalue weighted by atomic mass is 16.6. The summed E-state index contributed by atoms with van der Waals surface area (Å²) in [6.45, 7) is 10.7. The molecule has 3 aromatic rings. The van der Waals surface area contributed by atoms with Crippen molar-refractivity contribution >= 4 is 22.6 Å². The lowest BCUT2D eigenvalue weighted by Gasteiger charge is -2.19. The normalized spacial score (nSPS) is 12.5. The first-order valence-corrected chi connectivity index (χ1v) is 10.4. The third-order valence-corrected chi connectivity index (χ3v) is 5.12. The predicted octanol–water partition coefficient (Wildman–Crippen LogP) is 4.32. The fraction of sp³-hybridized carbons (Fsp3) is 0.280. The van der Waals surface area contributed by atoms with Crippen molar-refractivity contribution in [3.05, 3.63) is 69.6 Å². The SMILES string of the molecule is C=C(C)COc1cc(C)cc2oc(=O)c(CC(=O)Nc3ccc4c(c3)OCCO4)c(C)c12. The van der Waals surface area contributed by atoms with Crippen LogP contribution in [-0.2, 0) is 11.2 Å². The van der Waals surface area contributed by atoms with Gasteiger partial charge in [-0.2, -0.15) is 0 Å². The van der Waals surface area contributed by atoms with Crippen molar-refractivity contribution in [3.63, 3.8) is 0 Å². The summed E-state index contributed by atoms with van der Waals surface area (Å²) in [7, 11) is 0. The Morgan fingerprint density at radius 2 is 1.88 bits per heavy atom. The number of amides is 1. The van der Waals surface area contributed by atoms with E-state index in [2.05, 4.69) is 11.9 Å². The summed E-state index contributed by atoms with van der Waals surface area (Å²) >= 11 is 0. The summed E-state index contributed by atoms with van der Waals surface area (Å²) in [5.74, 6) is 1.47. The van der Waals surface area contributed by atoms with Crippen LogP contribution < -0.4 is 25.2 Å². The molecule has 7 nitrogen and oxygen atoms in total. The molecule has 7 heteroatoms. The van der Waals surface area contributed by atoms with E-state index < -0.39 is 5.63 Å². The number of fused-ring (bicyclic) bond motifs is 2. The summed E-state index contributed by atoms with van der Waals surface area (Å²) < 4.78 is 22.5. The first-order valence-electron chi connectivity index (χ1n) is 10.4. The number of nitrogens with one attached hydrogen (secondary N) is 1. The van der Waals surface area contributed by atoms with Crippen LogP contribution in [0.1, 0.15) is 23.6 Å². The van der Waals surface area contributed by atoms with Gasteiger partial charge in [-0.05, 0) is 61.7 Å². The number of benzene rings is 2. The lowest BCUT2D eigenvalue weighted by atomic mass is 10.0. The van der Waals surface area contributed by atoms with Crippen LogP contribution in [0.3, 0.4) is 0 Å². The van der Waals surface area contributed by atoms with Crippen molar-refractivity contribution in [1.29, 1.82) is 0 Å². The molecular formula is C25H25NO6. The maximum Gasteiger partial charge on any atom is 0.340 e. The molecule has 0 spiro atoms. The van der Waals surface area contributed by atoms with Crippen LogP contribution in [-0.4, -0.2) is 25.7 Å². The zero-order valence-electron chi connectivity index (χ0n) is 18.4. The molecule has 166 valence electrons. The predicted molar refractivity (Wildman–Crippen MR) is 122 cm³/mol. The van der Waals surface area contributed by atoms with Crippen LogP contribution in [0.2, 0.25) is 0 Å². The number of ether oxygens (including phenoxy) is 3. The van der Waals surface area contributed by atoms with Crippen molar-refractivity contribution in [2.45, 2.75) is 27.2 Å². The number of hydrogen-bond donors (Lipinski definition) is 1. The van der Waals surface area contributed by atoms with Crippen molar-refractivity contribution < 1.29 is 23.4 Å². The number of hydrogen-bond acceptors (Lipinski definition) is 6. The minimum atomic E-state index is -0.538. The van der Waals surface area contributed by atoms with Crippen LogP contribution in [0.5, 0.6) is 17.2 Å². The molecule has 4 rings (SSSR count). The molecule has 0 fully saturated rings. The smallest absolute Gasteiger partial charge is 0.340 e. The average molecular weight is 435 g/mol. The summed E-state index contributed by atoms with van der Waals surface area (Å²) in [4.78, 5) is 25.4. The number of aryl methyl sites for hydroxylation is 2. The van der Waals surface area contributed by atoms with Gasteiger partial charge >= 0.3 is 5.63 Å². The fourth-order valence-corrected chi connectivity index (χ4v) is 3.64. The first kappa shape index (κ1) is 21.5. The Hall–Kier alpha value is -3.74.